The average molecular weight is 752 g/mol. The van der Waals surface area contributed by atoms with E-state index < -0.39 is 32.5 Å². The van der Waals surface area contributed by atoms with E-state index >= 15 is 0 Å². The summed E-state index contributed by atoms with van der Waals surface area (Å²) in [6.07, 6.45) is 32.3. The van der Waals surface area contributed by atoms with E-state index in [0.717, 1.165) is 62.9 Å². The molecule has 2 atom stereocenters. The maximum atomic E-state index is 12.5. The van der Waals surface area contributed by atoms with Gasteiger partial charge in [0.1, 0.15) is 6.61 Å². The number of ether oxygens (including phenoxy) is 2. The quantitative estimate of drug-likeness (QED) is 0.0272. The van der Waals surface area contributed by atoms with Crippen LogP contribution in [0.4, 0.5) is 0 Å². The molecule has 0 amide bonds. The zero-order valence-corrected chi connectivity index (χ0v) is 33.4. The highest BCUT2D eigenvalue weighted by molar-refractivity contribution is 8.00. The number of unbranched alkanes of at least 4 members (excludes halogenated alkanes) is 16. The molecule has 0 bridgehead atoms. The van der Waals surface area contributed by atoms with Crippen LogP contribution < -0.4 is 5.73 Å². The van der Waals surface area contributed by atoms with Crippen molar-refractivity contribution in [3.8, 4) is 0 Å². The van der Waals surface area contributed by atoms with Crippen molar-refractivity contribution in [3.63, 3.8) is 0 Å². The van der Waals surface area contributed by atoms with Gasteiger partial charge in [-0.15, -0.1) is 0 Å². The van der Waals surface area contributed by atoms with Crippen molar-refractivity contribution in [2.45, 2.75) is 148 Å². The SMILES string of the molecule is CCCCCCCC=CCCCCCSCC(=O)OC[C@H](COP(=O)(O)OCCN)OC(=O)CSCCCCCC=CCCCCCCC. The van der Waals surface area contributed by atoms with Gasteiger partial charge in [-0.25, -0.2) is 4.57 Å². The number of rotatable bonds is 37. The molecule has 0 aliphatic heterocycles. The Morgan fingerprint density at radius 2 is 1.10 bits per heavy atom. The number of carbonyl (C=O) groups excluding carboxylic acids is 2. The fourth-order valence-corrected chi connectivity index (χ4v) is 7.10. The summed E-state index contributed by atoms with van der Waals surface area (Å²) >= 11 is 2.99. The van der Waals surface area contributed by atoms with Crippen LogP contribution in [0.3, 0.4) is 0 Å². The van der Waals surface area contributed by atoms with Crippen molar-refractivity contribution in [1.29, 1.82) is 0 Å². The highest BCUT2D eigenvalue weighted by Crippen LogP contribution is 2.43. The van der Waals surface area contributed by atoms with Gasteiger partial charge in [-0.05, 0) is 75.7 Å². The second kappa shape index (κ2) is 37.0. The number of thioether (sulfide) groups is 2. The minimum absolute atomic E-state index is 0.0467. The van der Waals surface area contributed by atoms with E-state index in [1.807, 2.05) is 0 Å². The molecule has 288 valence electrons. The van der Waals surface area contributed by atoms with E-state index in [1.54, 1.807) is 0 Å². The van der Waals surface area contributed by atoms with E-state index in [0.29, 0.717) is 0 Å². The molecule has 12 heteroatoms. The molecule has 0 heterocycles. The number of nitrogens with two attached hydrogens (primary N) is 1. The fraction of sp³-hybridized carbons (Fsp3) is 0.838. The van der Waals surface area contributed by atoms with Crippen molar-refractivity contribution < 1.29 is 37.6 Å². The molecular weight excluding hydrogens is 682 g/mol. The molecule has 3 N–H and O–H groups in total. The molecule has 0 saturated carbocycles. The predicted octanol–water partition coefficient (Wildman–Crippen LogP) is 9.95. The van der Waals surface area contributed by atoms with Crippen molar-refractivity contribution in [2.75, 3.05) is 49.4 Å². The molecule has 0 radical (unpaired) electrons. The summed E-state index contributed by atoms with van der Waals surface area (Å²) in [7, 11) is -4.38. The van der Waals surface area contributed by atoms with Gasteiger partial charge in [-0.3, -0.25) is 18.6 Å². The van der Waals surface area contributed by atoms with Gasteiger partial charge in [0.05, 0.1) is 24.7 Å². The number of esters is 2. The van der Waals surface area contributed by atoms with E-state index in [4.69, 9.17) is 24.3 Å². The summed E-state index contributed by atoms with van der Waals surface area (Å²) in [5.41, 5.74) is 5.33. The lowest BCUT2D eigenvalue weighted by Gasteiger charge is -2.19. The molecule has 0 aromatic rings. The Kier molecular flexibility index (Phi) is 36.4. The second-order valence-electron chi connectivity index (χ2n) is 12.3. The average Bonchev–Trinajstić information content (AvgIpc) is 3.08. The van der Waals surface area contributed by atoms with Crippen LogP contribution in [0.5, 0.6) is 0 Å². The Morgan fingerprint density at radius 1 is 0.653 bits per heavy atom. The molecule has 0 spiro atoms. The van der Waals surface area contributed by atoms with Gasteiger partial charge in [0.15, 0.2) is 6.10 Å². The summed E-state index contributed by atoms with van der Waals surface area (Å²) in [5, 5.41) is 0. The predicted molar refractivity (Wildman–Crippen MR) is 208 cm³/mol. The third kappa shape index (κ3) is 36.8. The lowest BCUT2D eigenvalue weighted by Crippen LogP contribution is -2.30. The van der Waals surface area contributed by atoms with Crippen LogP contribution in [-0.4, -0.2) is 72.3 Å². The molecule has 0 saturated heterocycles. The summed E-state index contributed by atoms with van der Waals surface area (Å²) in [4.78, 5) is 34.7. The third-order valence-electron chi connectivity index (χ3n) is 7.56. The van der Waals surface area contributed by atoms with Gasteiger partial charge in [0.25, 0.3) is 0 Å². The number of phosphoric ester groups is 1. The smallest absolute Gasteiger partial charge is 0.461 e. The van der Waals surface area contributed by atoms with Gasteiger partial charge < -0.3 is 20.1 Å². The van der Waals surface area contributed by atoms with Crippen LogP contribution in [0.15, 0.2) is 24.3 Å². The van der Waals surface area contributed by atoms with E-state index in [2.05, 4.69) is 38.2 Å². The van der Waals surface area contributed by atoms with Crippen LogP contribution >= 0.6 is 31.3 Å². The molecule has 9 nitrogen and oxygen atoms in total. The fourth-order valence-electron chi connectivity index (χ4n) is 4.75. The van der Waals surface area contributed by atoms with Crippen LogP contribution in [0.2, 0.25) is 0 Å². The molecule has 0 aliphatic rings. The first-order valence-corrected chi connectivity index (χ1v) is 22.8. The van der Waals surface area contributed by atoms with Crippen LogP contribution in [0.1, 0.15) is 142 Å². The highest BCUT2D eigenvalue weighted by Gasteiger charge is 2.26. The first-order chi connectivity index (χ1) is 23.8. The largest absolute Gasteiger partial charge is 0.472 e. The van der Waals surface area contributed by atoms with Crippen LogP contribution in [0, 0.1) is 0 Å². The summed E-state index contributed by atoms with van der Waals surface area (Å²) in [6, 6.07) is 0. The standard InChI is InChI=1S/C37H70NO8PS2/c1-3-5-7-9-11-13-15-17-19-21-23-25-29-48-33-36(39)43-31-35(32-45-47(41,42)44-28-27-38)46-37(40)34-49-30-26-24-22-20-18-16-14-12-10-8-6-4-2/h15-18,35H,3-14,19-34,38H2,1-2H3,(H,41,42)/t35-/m1/s1. The number of hydrogen-bond acceptors (Lipinski definition) is 10. The molecule has 0 fully saturated rings. The van der Waals surface area contributed by atoms with Gasteiger partial charge in [0, 0.05) is 6.54 Å². The monoisotopic (exact) mass is 751 g/mol. The number of allylic oxidation sites excluding steroid dienone is 4. The molecule has 0 aliphatic carbocycles. The minimum atomic E-state index is -4.38. The van der Waals surface area contributed by atoms with Crippen LogP contribution in [-0.2, 0) is 32.7 Å². The molecule has 0 aromatic heterocycles. The Hall–Kier alpha value is -0.810. The Morgan fingerprint density at radius 3 is 1.57 bits per heavy atom. The van der Waals surface area contributed by atoms with Crippen molar-refractivity contribution in [2.24, 2.45) is 5.73 Å². The lowest BCUT2D eigenvalue weighted by molar-refractivity contribution is -0.157. The molecule has 1 unspecified atom stereocenters. The Bertz CT molecular complexity index is 877. The maximum absolute atomic E-state index is 12.5. The Labute approximate surface area is 307 Å². The number of phosphoric acid groups is 1. The maximum Gasteiger partial charge on any atom is 0.472 e. The topological polar surface area (TPSA) is 134 Å². The van der Waals surface area contributed by atoms with Crippen molar-refractivity contribution in [1.82, 2.24) is 0 Å². The molecule has 49 heavy (non-hydrogen) atoms. The van der Waals surface area contributed by atoms with Gasteiger partial charge in [-0.1, -0.05) is 102 Å². The van der Waals surface area contributed by atoms with E-state index in [1.165, 1.54) is 101 Å². The first kappa shape index (κ1) is 48.2. The minimum Gasteiger partial charge on any atom is -0.461 e. The zero-order chi connectivity index (χ0) is 36.1. The van der Waals surface area contributed by atoms with Crippen molar-refractivity contribution >= 4 is 43.3 Å². The van der Waals surface area contributed by atoms with E-state index in [-0.39, 0.29) is 31.3 Å². The summed E-state index contributed by atoms with van der Waals surface area (Å²) < 4.78 is 32.6. The number of carbonyl (C=O) groups is 2. The zero-order valence-electron chi connectivity index (χ0n) is 30.8. The van der Waals surface area contributed by atoms with Crippen molar-refractivity contribution in [3.05, 3.63) is 24.3 Å². The summed E-state index contributed by atoms with van der Waals surface area (Å²) in [5.74, 6) is 1.07. The summed E-state index contributed by atoms with van der Waals surface area (Å²) in [6.45, 7) is 3.63. The highest BCUT2D eigenvalue weighted by atomic mass is 32.2. The third-order valence-corrected chi connectivity index (χ3v) is 10.6. The lowest BCUT2D eigenvalue weighted by atomic mass is 10.1. The van der Waals surface area contributed by atoms with Gasteiger partial charge in [-0.2, -0.15) is 23.5 Å². The normalized spacial score (nSPS) is 13.6. The Balaban J connectivity index is 4.23. The van der Waals surface area contributed by atoms with E-state index in [9.17, 15) is 19.0 Å². The molecule has 0 aromatic carbocycles. The second-order valence-corrected chi connectivity index (χ2v) is 16.0. The number of hydrogen-bond donors (Lipinski definition) is 2. The first-order valence-electron chi connectivity index (χ1n) is 19.0. The molecule has 0 rings (SSSR count). The molecular formula is C37H70NO8PS2. The van der Waals surface area contributed by atoms with Gasteiger partial charge in [0.2, 0.25) is 0 Å². The van der Waals surface area contributed by atoms with Crippen LogP contribution in [0.25, 0.3) is 0 Å². The van der Waals surface area contributed by atoms with Gasteiger partial charge >= 0.3 is 19.8 Å².